The molecule has 0 amide bonds. The average Bonchev–Trinajstić information content (AvgIpc) is 2.44. The van der Waals surface area contributed by atoms with E-state index in [2.05, 4.69) is 5.32 Å². The molecule has 0 bridgehead atoms. The van der Waals surface area contributed by atoms with Gasteiger partial charge in [0.25, 0.3) is 0 Å². The fourth-order valence-electron chi connectivity index (χ4n) is 1.84. The number of nitrogens with one attached hydrogen (secondary N) is 1. The van der Waals surface area contributed by atoms with Crippen LogP contribution in [0.2, 0.25) is 15.1 Å². The van der Waals surface area contributed by atoms with Crippen molar-refractivity contribution in [1.29, 1.82) is 0 Å². The van der Waals surface area contributed by atoms with Crippen molar-refractivity contribution in [3.8, 4) is 5.75 Å². The minimum absolute atomic E-state index is 0.277. The predicted molar refractivity (Wildman–Crippen MR) is 85.0 cm³/mol. The maximum Gasteiger partial charge on any atom is 0.115 e. The first-order chi connectivity index (χ1) is 9.58. The summed E-state index contributed by atoms with van der Waals surface area (Å²) < 4.78 is 0. The minimum Gasteiger partial charge on any atom is -0.508 e. The monoisotopic (exact) mass is 329 g/mol. The molecule has 20 heavy (non-hydrogen) atoms. The largest absolute Gasteiger partial charge is 0.508 e. The van der Waals surface area contributed by atoms with Crippen molar-refractivity contribution in [3.63, 3.8) is 0 Å². The lowest BCUT2D eigenvalue weighted by atomic mass is 10.1. The van der Waals surface area contributed by atoms with Crippen molar-refractivity contribution in [2.45, 2.75) is 13.0 Å². The Hall–Kier alpha value is -0.930. The van der Waals surface area contributed by atoms with Crippen LogP contribution in [0.5, 0.6) is 5.75 Å². The van der Waals surface area contributed by atoms with Gasteiger partial charge in [-0.05, 0) is 42.8 Å². The fraction of sp³-hybridized carbons (Fsp3) is 0.200. The van der Waals surface area contributed by atoms with Gasteiger partial charge < -0.3 is 10.4 Å². The van der Waals surface area contributed by atoms with Crippen LogP contribution in [0.25, 0.3) is 0 Å². The SMILES string of the molecule is Oc1ccc(CCNCc2c(Cl)ccc(Cl)c2Cl)cc1. The third kappa shape index (κ3) is 4.03. The van der Waals surface area contributed by atoms with Crippen molar-refractivity contribution < 1.29 is 5.11 Å². The zero-order chi connectivity index (χ0) is 14.5. The minimum atomic E-state index is 0.277. The molecule has 2 nitrogen and oxygen atoms in total. The van der Waals surface area contributed by atoms with Crippen LogP contribution in [-0.4, -0.2) is 11.7 Å². The molecule has 0 fully saturated rings. The molecule has 0 aliphatic carbocycles. The van der Waals surface area contributed by atoms with E-state index in [0.717, 1.165) is 24.1 Å². The maximum absolute atomic E-state index is 9.21. The standard InChI is InChI=1S/C15H14Cl3NO/c16-13-5-6-14(17)15(18)12(13)9-19-8-7-10-1-3-11(20)4-2-10/h1-6,19-20H,7-9H2. The van der Waals surface area contributed by atoms with E-state index < -0.39 is 0 Å². The Balaban J connectivity index is 1.87. The summed E-state index contributed by atoms with van der Waals surface area (Å²) >= 11 is 18.2. The van der Waals surface area contributed by atoms with Crippen LogP contribution in [0, 0.1) is 0 Å². The van der Waals surface area contributed by atoms with Crippen LogP contribution in [0.1, 0.15) is 11.1 Å². The van der Waals surface area contributed by atoms with Gasteiger partial charge in [0.15, 0.2) is 0 Å². The fourth-order valence-corrected chi connectivity index (χ4v) is 2.52. The second-order valence-corrected chi connectivity index (χ2v) is 5.61. The van der Waals surface area contributed by atoms with Gasteiger partial charge in [0.05, 0.1) is 10.0 Å². The summed E-state index contributed by atoms with van der Waals surface area (Å²) in [4.78, 5) is 0. The van der Waals surface area contributed by atoms with Crippen LogP contribution < -0.4 is 5.32 Å². The molecule has 0 spiro atoms. The Morgan fingerprint density at radius 1 is 0.900 bits per heavy atom. The first-order valence-corrected chi connectivity index (χ1v) is 7.32. The van der Waals surface area contributed by atoms with E-state index in [9.17, 15) is 5.11 Å². The third-order valence-corrected chi connectivity index (χ3v) is 4.17. The highest BCUT2D eigenvalue weighted by atomic mass is 35.5. The van der Waals surface area contributed by atoms with Crippen molar-refractivity contribution in [3.05, 3.63) is 62.6 Å². The quantitative estimate of drug-likeness (QED) is 0.616. The van der Waals surface area contributed by atoms with Gasteiger partial charge in [-0.15, -0.1) is 0 Å². The van der Waals surface area contributed by atoms with E-state index in [4.69, 9.17) is 34.8 Å². The van der Waals surface area contributed by atoms with Crippen LogP contribution in [-0.2, 0) is 13.0 Å². The van der Waals surface area contributed by atoms with Crippen molar-refractivity contribution in [1.82, 2.24) is 5.32 Å². The number of rotatable bonds is 5. The molecule has 0 aliphatic heterocycles. The summed E-state index contributed by atoms with van der Waals surface area (Å²) in [6.45, 7) is 1.35. The van der Waals surface area contributed by atoms with Gasteiger partial charge >= 0.3 is 0 Å². The van der Waals surface area contributed by atoms with E-state index in [0.29, 0.717) is 21.6 Å². The van der Waals surface area contributed by atoms with E-state index in [1.54, 1.807) is 24.3 Å². The first kappa shape index (κ1) is 15.5. The number of aromatic hydroxyl groups is 1. The molecule has 2 aromatic rings. The molecule has 0 radical (unpaired) electrons. The molecular formula is C15H14Cl3NO. The predicted octanol–water partition coefficient (Wildman–Crippen LogP) is 4.68. The molecule has 0 aromatic heterocycles. The molecule has 0 heterocycles. The number of hydrogen-bond donors (Lipinski definition) is 2. The summed E-state index contributed by atoms with van der Waals surface area (Å²) in [5.74, 6) is 0.277. The zero-order valence-electron chi connectivity index (χ0n) is 10.7. The molecule has 0 atom stereocenters. The van der Waals surface area contributed by atoms with Crippen LogP contribution in [0.4, 0.5) is 0 Å². The second-order valence-electron chi connectivity index (χ2n) is 4.41. The third-order valence-electron chi connectivity index (χ3n) is 2.97. The first-order valence-electron chi connectivity index (χ1n) is 6.19. The lowest BCUT2D eigenvalue weighted by Gasteiger charge is -2.10. The molecule has 0 saturated heterocycles. The summed E-state index contributed by atoms with van der Waals surface area (Å²) in [5, 5.41) is 14.1. The van der Waals surface area contributed by atoms with Gasteiger partial charge in [0, 0.05) is 17.1 Å². The van der Waals surface area contributed by atoms with Gasteiger partial charge in [0.2, 0.25) is 0 Å². The highest BCUT2D eigenvalue weighted by Crippen LogP contribution is 2.31. The molecular weight excluding hydrogens is 317 g/mol. The van der Waals surface area contributed by atoms with Crippen LogP contribution in [0.15, 0.2) is 36.4 Å². The van der Waals surface area contributed by atoms with Crippen molar-refractivity contribution in [2.75, 3.05) is 6.54 Å². The van der Waals surface area contributed by atoms with Gasteiger partial charge in [-0.1, -0.05) is 46.9 Å². The van der Waals surface area contributed by atoms with Crippen molar-refractivity contribution >= 4 is 34.8 Å². The highest BCUT2D eigenvalue weighted by Gasteiger charge is 2.08. The molecule has 2 N–H and O–H groups in total. The van der Waals surface area contributed by atoms with Crippen molar-refractivity contribution in [2.24, 2.45) is 0 Å². The Kier molecular flexibility index (Phi) is 5.55. The molecule has 2 aromatic carbocycles. The number of halogens is 3. The van der Waals surface area contributed by atoms with Crippen LogP contribution >= 0.6 is 34.8 Å². The van der Waals surface area contributed by atoms with E-state index in [1.165, 1.54) is 0 Å². The summed E-state index contributed by atoms with van der Waals surface area (Å²) in [6, 6.07) is 10.6. The molecule has 2 rings (SSSR count). The van der Waals surface area contributed by atoms with Gasteiger partial charge in [-0.3, -0.25) is 0 Å². The number of phenols is 1. The Morgan fingerprint density at radius 2 is 1.55 bits per heavy atom. The number of hydrogen-bond acceptors (Lipinski definition) is 2. The van der Waals surface area contributed by atoms with E-state index >= 15 is 0 Å². The summed E-state index contributed by atoms with van der Waals surface area (Å²) in [5.41, 5.74) is 1.96. The molecule has 0 unspecified atom stereocenters. The van der Waals surface area contributed by atoms with E-state index in [1.807, 2.05) is 12.1 Å². The smallest absolute Gasteiger partial charge is 0.115 e. The molecule has 5 heteroatoms. The Labute approximate surface area is 133 Å². The topological polar surface area (TPSA) is 32.3 Å². The lowest BCUT2D eigenvalue weighted by molar-refractivity contribution is 0.475. The van der Waals surface area contributed by atoms with Gasteiger partial charge in [-0.2, -0.15) is 0 Å². The lowest BCUT2D eigenvalue weighted by Crippen LogP contribution is -2.17. The average molecular weight is 331 g/mol. The zero-order valence-corrected chi connectivity index (χ0v) is 12.9. The molecule has 0 aliphatic rings. The summed E-state index contributed by atoms with van der Waals surface area (Å²) in [7, 11) is 0. The molecule has 106 valence electrons. The summed E-state index contributed by atoms with van der Waals surface area (Å²) in [6.07, 6.45) is 0.857. The molecule has 0 saturated carbocycles. The maximum atomic E-state index is 9.21. The number of benzene rings is 2. The van der Waals surface area contributed by atoms with Crippen LogP contribution in [0.3, 0.4) is 0 Å². The Bertz CT molecular complexity index is 584. The van der Waals surface area contributed by atoms with Gasteiger partial charge in [0.1, 0.15) is 5.75 Å². The Morgan fingerprint density at radius 3 is 2.25 bits per heavy atom. The second kappa shape index (κ2) is 7.19. The highest BCUT2D eigenvalue weighted by molar-refractivity contribution is 6.44. The normalized spacial score (nSPS) is 10.8. The number of phenolic OH excluding ortho intramolecular Hbond substituents is 1. The van der Waals surface area contributed by atoms with E-state index in [-0.39, 0.29) is 5.75 Å². The van der Waals surface area contributed by atoms with Gasteiger partial charge in [-0.25, -0.2) is 0 Å².